The summed E-state index contributed by atoms with van der Waals surface area (Å²) in [6.07, 6.45) is 1.35. The Balaban J connectivity index is 3.28. The number of benzene rings is 1. The van der Waals surface area contributed by atoms with Crippen LogP contribution in [-0.2, 0) is 16.0 Å². The maximum Gasteiger partial charge on any atom is 0.312 e. The Hall–Kier alpha value is -1.51. The molecule has 1 aromatic rings. The van der Waals surface area contributed by atoms with Gasteiger partial charge in [-0.1, -0.05) is 45.9 Å². The number of ether oxygens (including phenoxy) is 2. The summed E-state index contributed by atoms with van der Waals surface area (Å²) in [5.74, 6) is 0.703. The van der Waals surface area contributed by atoms with Crippen LogP contribution in [0.4, 0.5) is 0 Å². The van der Waals surface area contributed by atoms with Gasteiger partial charge in [-0.3, -0.25) is 4.79 Å². The van der Waals surface area contributed by atoms with Gasteiger partial charge in [-0.2, -0.15) is 0 Å². The first-order valence-corrected chi connectivity index (χ1v) is 7.61. The van der Waals surface area contributed by atoms with Gasteiger partial charge in [0.2, 0.25) is 0 Å². The van der Waals surface area contributed by atoms with Crippen molar-refractivity contribution in [3.8, 4) is 5.75 Å². The normalized spacial score (nSPS) is 14.4. The van der Waals surface area contributed by atoms with E-state index in [1.54, 1.807) is 7.11 Å². The second-order valence-electron chi connectivity index (χ2n) is 6.39. The first-order chi connectivity index (χ1) is 9.82. The number of carbonyl (C=O) groups excluding carboxylic acids is 1. The summed E-state index contributed by atoms with van der Waals surface area (Å²) in [5.41, 5.74) is 0.289. The summed E-state index contributed by atoms with van der Waals surface area (Å²) in [5, 5.41) is 0. The van der Waals surface area contributed by atoms with E-state index in [1.807, 2.05) is 31.2 Å². The Morgan fingerprint density at radius 3 is 2.24 bits per heavy atom. The van der Waals surface area contributed by atoms with Gasteiger partial charge in [0.25, 0.3) is 0 Å². The summed E-state index contributed by atoms with van der Waals surface area (Å²) >= 11 is 0. The molecule has 0 radical (unpaired) electrons. The fourth-order valence-electron chi connectivity index (χ4n) is 2.89. The molecule has 1 atom stereocenters. The monoisotopic (exact) mass is 292 g/mol. The van der Waals surface area contributed by atoms with E-state index in [1.165, 1.54) is 0 Å². The van der Waals surface area contributed by atoms with Crippen molar-refractivity contribution in [1.29, 1.82) is 0 Å². The Morgan fingerprint density at radius 1 is 1.14 bits per heavy atom. The summed E-state index contributed by atoms with van der Waals surface area (Å²) in [4.78, 5) is 12.7. The lowest BCUT2D eigenvalue weighted by Crippen LogP contribution is -2.45. The third kappa shape index (κ3) is 3.58. The van der Waals surface area contributed by atoms with Crippen LogP contribution in [0.2, 0.25) is 0 Å². The molecule has 21 heavy (non-hydrogen) atoms. The van der Waals surface area contributed by atoms with Gasteiger partial charge in [-0.05, 0) is 36.8 Å². The molecular weight excluding hydrogens is 264 g/mol. The molecular formula is C18H28O3. The van der Waals surface area contributed by atoms with Crippen molar-refractivity contribution in [2.24, 2.45) is 10.8 Å². The highest BCUT2D eigenvalue weighted by Gasteiger charge is 2.48. The Kier molecular flexibility index (Phi) is 5.82. The zero-order valence-electron chi connectivity index (χ0n) is 14.2. The molecule has 0 aliphatic rings. The number of carbonyl (C=O) groups is 1. The highest BCUT2D eigenvalue weighted by atomic mass is 16.5. The first kappa shape index (κ1) is 17.5. The van der Waals surface area contributed by atoms with Gasteiger partial charge >= 0.3 is 5.97 Å². The van der Waals surface area contributed by atoms with E-state index in [0.717, 1.165) is 17.7 Å². The minimum Gasteiger partial charge on any atom is -0.496 e. The van der Waals surface area contributed by atoms with Gasteiger partial charge < -0.3 is 9.47 Å². The third-order valence-corrected chi connectivity index (χ3v) is 4.39. The van der Waals surface area contributed by atoms with Crippen LogP contribution >= 0.6 is 0 Å². The van der Waals surface area contributed by atoms with E-state index >= 15 is 0 Å². The fourth-order valence-corrected chi connectivity index (χ4v) is 2.89. The number of hydrogen-bond acceptors (Lipinski definition) is 3. The van der Waals surface area contributed by atoms with Crippen molar-refractivity contribution >= 4 is 5.97 Å². The predicted octanol–water partition coefficient (Wildman–Crippen LogP) is 4.24. The summed E-state index contributed by atoms with van der Waals surface area (Å²) < 4.78 is 10.8. The van der Waals surface area contributed by atoms with Crippen LogP contribution in [0, 0.1) is 10.8 Å². The SMILES string of the molecule is CCOC(=O)C(CC)(Cc1ccccc1OC)C(C)(C)C. The lowest BCUT2D eigenvalue weighted by atomic mass is 9.62. The Morgan fingerprint density at radius 2 is 1.76 bits per heavy atom. The molecule has 0 spiro atoms. The maximum absolute atomic E-state index is 12.7. The lowest BCUT2D eigenvalue weighted by molar-refractivity contribution is -0.163. The van der Waals surface area contributed by atoms with E-state index in [9.17, 15) is 4.79 Å². The lowest BCUT2D eigenvalue weighted by Gasteiger charge is -2.42. The standard InChI is InChI=1S/C18H28O3/c1-7-18(17(3,4)5,16(19)21-8-2)13-14-11-9-10-12-15(14)20-6/h9-12H,7-8,13H2,1-6H3. The maximum atomic E-state index is 12.7. The van der Waals surface area contributed by atoms with Crippen molar-refractivity contribution in [1.82, 2.24) is 0 Å². The van der Waals surface area contributed by atoms with E-state index < -0.39 is 5.41 Å². The zero-order chi connectivity index (χ0) is 16.1. The predicted molar refractivity (Wildman–Crippen MR) is 85.5 cm³/mol. The molecule has 0 saturated heterocycles. The molecule has 118 valence electrons. The molecule has 0 amide bonds. The molecule has 0 heterocycles. The molecule has 1 unspecified atom stereocenters. The molecule has 3 heteroatoms. The van der Waals surface area contributed by atoms with Crippen LogP contribution in [0.15, 0.2) is 24.3 Å². The van der Waals surface area contributed by atoms with Crippen LogP contribution in [0.25, 0.3) is 0 Å². The Bertz CT molecular complexity index is 474. The number of hydrogen-bond donors (Lipinski definition) is 0. The van der Waals surface area contributed by atoms with Gasteiger partial charge in [0, 0.05) is 0 Å². The Labute approximate surface area is 128 Å². The van der Waals surface area contributed by atoms with E-state index in [0.29, 0.717) is 13.0 Å². The van der Waals surface area contributed by atoms with E-state index in [2.05, 4.69) is 27.7 Å². The second kappa shape index (κ2) is 6.97. The molecule has 1 rings (SSSR count). The quantitative estimate of drug-likeness (QED) is 0.736. The van der Waals surface area contributed by atoms with Crippen LogP contribution in [0.1, 0.15) is 46.6 Å². The molecule has 0 bridgehead atoms. The summed E-state index contributed by atoms with van der Waals surface area (Å²) in [6, 6.07) is 7.88. The van der Waals surface area contributed by atoms with Crippen molar-refractivity contribution in [3.05, 3.63) is 29.8 Å². The first-order valence-electron chi connectivity index (χ1n) is 7.61. The second-order valence-corrected chi connectivity index (χ2v) is 6.39. The van der Waals surface area contributed by atoms with Crippen LogP contribution < -0.4 is 4.74 Å². The van der Waals surface area contributed by atoms with Gasteiger partial charge in [0.1, 0.15) is 5.75 Å². The number of rotatable bonds is 6. The van der Waals surface area contributed by atoms with Crippen LogP contribution in [0.5, 0.6) is 5.75 Å². The summed E-state index contributed by atoms with van der Waals surface area (Å²) in [6.45, 7) is 10.6. The molecule has 1 aromatic carbocycles. The largest absolute Gasteiger partial charge is 0.496 e. The van der Waals surface area contributed by atoms with Gasteiger partial charge in [-0.15, -0.1) is 0 Å². The molecule has 0 fully saturated rings. The van der Waals surface area contributed by atoms with Gasteiger partial charge in [-0.25, -0.2) is 0 Å². The van der Waals surface area contributed by atoms with Crippen LogP contribution in [0.3, 0.4) is 0 Å². The van der Waals surface area contributed by atoms with E-state index in [4.69, 9.17) is 9.47 Å². The molecule has 0 aliphatic carbocycles. The van der Waals surface area contributed by atoms with Gasteiger partial charge in [0.15, 0.2) is 0 Å². The van der Waals surface area contributed by atoms with Crippen molar-refractivity contribution in [3.63, 3.8) is 0 Å². The highest BCUT2D eigenvalue weighted by Crippen LogP contribution is 2.46. The van der Waals surface area contributed by atoms with E-state index in [-0.39, 0.29) is 11.4 Å². The smallest absolute Gasteiger partial charge is 0.312 e. The third-order valence-electron chi connectivity index (χ3n) is 4.39. The molecule has 0 aliphatic heterocycles. The average molecular weight is 292 g/mol. The highest BCUT2D eigenvalue weighted by molar-refractivity contribution is 5.78. The van der Waals surface area contributed by atoms with Crippen molar-refractivity contribution in [2.75, 3.05) is 13.7 Å². The number of para-hydroxylation sites is 1. The molecule has 0 N–H and O–H groups in total. The number of methoxy groups -OCH3 is 1. The number of esters is 1. The summed E-state index contributed by atoms with van der Waals surface area (Å²) in [7, 11) is 1.66. The molecule has 0 aromatic heterocycles. The van der Waals surface area contributed by atoms with Gasteiger partial charge in [0.05, 0.1) is 19.1 Å². The average Bonchev–Trinajstić information content (AvgIpc) is 2.44. The fraction of sp³-hybridized carbons (Fsp3) is 0.611. The zero-order valence-corrected chi connectivity index (χ0v) is 14.2. The molecule has 3 nitrogen and oxygen atoms in total. The van der Waals surface area contributed by atoms with Crippen molar-refractivity contribution < 1.29 is 14.3 Å². The van der Waals surface area contributed by atoms with Crippen molar-refractivity contribution in [2.45, 2.75) is 47.5 Å². The molecule has 0 saturated carbocycles. The minimum atomic E-state index is -0.558. The minimum absolute atomic E-state index is 0.120. The topological polar surface area (TPSA) is 35.5 Å². The van der Waals surface area contributed by atoms with Crippen LogP contribution in [-0.4, -0.2) is 19.7 Å².